The van der Waals surface area contributed by atoms with Crippen LogP contribution in [0.25, 0.3) is 0 Å². The molecule has 0 rings (SSSR count). The molecule has 2 nitrogen and oxygen atoms in total. The van der Waals surface area contributed by atoms with Crippen LogP contribution in [0.4, 0.5) is 0 Å². The molecule has 0 aliphatic rings. The molecule has 0 aromatic rings. The van der Waals surface area contributed by atoms with Crippen LogP contribution < -0.4 is 0 Å². The summed E-state index contributed by atoms with van der Waals surface area (Å²) < 4.78 is 11.3. The Morgan fingerprint density at radius 1 is 0.696 bits per heavy atom. The molecule has 0 bridgehead atoms. The number of rotatable bonds is 16. The van der Waals surface area contributed by atoms with Crippen LogP contribution >= 0.6 is 6.12 Å². The van der Waals surface area contributed by atoms with Crippen LogP contribution in [0.3, 0.4) is 0 Å². The molecule has 2 unspecified atom stereocenters. The minimum Gasteiger partial charge on any atom is -0.516 e. The molecule has 0 radical (unpaired) electrons. The Morgan fingerprint density at radius 3 is 1.43 bits per heavy atom. The summed E-state index contributed by atoms with van der Waals surface area (Å²) >= 11 is 10.6. The van der Waals surface area contributed by atoms with Gasteiger partial charge in [0, 0.05) is 6.12 Å². The molecular formula is C18H38O2PS2-. The molecule has 0 fully saturated rings. The van der Waals surface area contributed by atoms with Gasteiger partial charge in [0.15, 0.2) is 0 Å². The minimum absolute atomic E-state index is 0.662. The van der Waals surface area contributed by atoms with E-state index < -0.39 is 6.12 Å². The van der Waals surface area contributed by atoms with Crippen molar-refractivity contribution in [3.05, 3.63) is 0 Å². The molecule has 0 heterocycles. The summed E-state index contributed by atoms with van der Waals surface area (Å²) in [6.07, 6.45) is 9.78. The van der Waals surface area contributed by atoms with Crippen molar-refractivity contribution in [1.82, 2.24) is 0 Å². The molecule has 0 saturated heterocycles. The zero-order valence-electron chi connectivity index (χ0n) is 15.7. The van der Waals surface area contributed by atoms with E-state index in [0.29, 0.717) is 13.2 Å². The first-order valence-corrected chi connectivity index (χ1v) is 13.2. The summed E-state index contributed by atoms with van der Waals surface area (Å²) in [4.78, 5) is 0. The predicted octanol–water partition coefficient (Wildman–Crippen LogP) is 7.00. The Morgan fingerprint density at radius 2 is 1.09 bits per heavy atom. The van der Waals surface area contributed by atoms with Crippen molar-refractivity contribution in [2.75, 3.05) is 13.2 Å². The van der Waals surface area contributed by atoms with E-state index >= 15 is 0 Å². The summed E-state index contributed by atoms with van der Waals surface area (Å²) in [6, 6.07) is 0. The van der Waals surface area contributed by atoms with Crippen molar-refractivity contribution >= 4 is 30.6 Å². The third-order valence-corrected chi connectivity index (χ3v) is 6.84. The Balaban J connectivity index is 3.47. The fourth-order valence-corrected chi connectivity index (χ4v) is 4.02. The van der Waals surface area contributed by atoms with E-state index in [4.69, 9.17) is 33.5 Å². The molecule has 23 heavy (non-hydrogen) atoms. The second-order valence-corrected chi connectivity index (χ2v) is 11.8. The normalized spacial score (nSPS) is 14.9. The van der Waals surface area contributed by atoms with Gasteiger partial charge in [0.05, 0.1) is 13.2 Å². The molecule has 0 N–H and O–H groups in total. The molecule has 0 aliphatic carbocycles. The highest BCUT2D eigenvalue weighted by molar-refractivity contribution is 8.69. The topological polar surface area (TPSA) is 18.5 Å². The van der Waals surface area contributed by atoms with Gasteiger partial charge >= 0.3 is 0 Å². The first-order chi connectivity index (χ1) is 10.9. The maximum Gasteiger partial charge on any atom is 0.0892 e. The van der Waals surface area contributed by atoms with Crippen molar-refractivity contribution in [2.24, 2.45) is 11.8 Å². The van der Waals surface area contributed by atoms with Crippen LogP contribution in [-0.2, 0) is 33.5 Å². The second-order valence-electron chi connectivity index (χ2n) is 6.84. The molecule has 0 spiro atoms. The van der Waals surface area contributed by atoms with Crippen molar-refractivity contribution in [3.8, 4) is 0 Å². The predicted molar refractivity (Wildman–Crippen MR) is 109 cm³/mol. The minimum atomic E-state index is -2.42. The standard InChI is InChI=1S/C18H39O2PS2/c1-5-17(3)13-9-7-11-15-19-21(22,23)20-16-12-8-10-14-18(4)6-2/h17-18H,5-16H2,1-4H3,(H,22,23)/p-1. The highest BCUT2D eigenvalue weighted by atomic mass is 33.1. The SMILES string of the molecule is CCC(C)CCCCCO[P+]([S-])([S-])OCCCCCC(C)CC. The van der Waals surface area contributed by atoms with Gasteiger partial charge in [-0.05, 0) is 24.7 Å². The van der Waals surface area contributed by atoms with E-state index in [1.54, 1.807) is 0 Å². The van der Waals surface area contributed by atoms with E-state index in [1.807, 2.05) is 0 Å². The highest BCUT2D eigenvalue weighted by Crippen LogP contribution is 2.56. The molecule has 0 aromatic heterocycles. The monoisotopic (exact) mass is 381 g/mol. The Kier molecular flexibility index (Phi) is 16.0. The third-order valence-electron chi connectivity index (χ3n) is 4.58. The van der Waals surface area contributed by atoms with E-state index in [0.717, 1.165) is 24.7 Å². The fraction of sp³-hybridized carbons (Fsp3) is 1.00. The fourth-order valence-electron chi connectivity index (χ4n) is 2.34. The van der Waals surface area contributed by atoms with Crippen LogP contribution in [0.15, 0.2) is 0 Å². The Labute approximate surface area is 156 Å². The van der Waals surface area contributed by atoms with Crippen LogP contribution in [0, 0.1) is 11.8 Å². The average molecular weight is 382 g/mol. The van der Waals surface area contributed by atoms with Gasteiger partial charge in [-0.3, -0.25) is 9.05 Å². The average Bonchev–Trinajstić information content (AvgIpc) is 2.53. The van der Waals surface area contributed by atoms with Crippen LogP contribution in [0.1, 0.15) is 91.9 Å². The first-order valence-electron chi connectivity index (χ1n) is 9.51. The molecule has 140 valence electrons. The largest absolute Gasteiger partial charge is 0.516 e. The Hall–Kier alpha value is 1.05. The summed E-state index contributed by atoms with van der Waals surface area (Å²) in [5, 5.41) is 0. The molecule has 0 aromatic carbocycles. The lowest BCUT2D eigenvalue weighted by Gasteiger charge is -2.34. The number of unbranched alkanes of at least 4 members (excludes halogenated alkanes) is 4. The summed E-state index contributed by atoms with van der Waals surface area (Å²) in [7, 11) is 0. The van der Waals surface area contributed by atoms with Crippen LogP contribution in [0.2, 0.25) is 0 Å². The highest BCUT2D eigenvalue weighted by Gasteiger charge is 2.10. The van der Waals surface area contributed by atoms with Crippen LogP contribution in [-0.4, -0.2) is 13.2 Å². The van der Waals surface area contributed by atoms with E-state index in [1.165, 1.54) is 51.4 Å². The molecule has 0 saturated carbocycles. The van der Waals surface area contributed by atoms with Gasteiger partial charge in [-0.2, -0.15) is 0 Å². The second kappa shape index (κ2) is 15.3. The summed E-state index contributed by atoms with van der Waals surface area (Å²) in [5.74, 6) is 1.67. The van der Waals surface area contributed by atoms with Crippen molar-refractivity contribution in [3.63, 3.8) is 0 Å². The molecule has 0 amide bonds. The van der Waals surface area contributed by atoms with Gasteiger partial charge in [0.25, 0.3) is 0 Å². The lowest BCUT2D eigenvalue weighted by molar-refractivity contribution is 0.246. The van der Waals surface area contributed by atoms with E-state index in [9.17, 15) is 0 Å². The van der Waals surface area contributed by atoms with Gasteiger partial charge in [-0.15, -0.1) is 0 Å². The van der Waals surface area contributed by atoms with Crippen molar-refractivity contribution in [1.29, 1.82) is 0 Å². The zero-order valence-corrected chi connectivity index (χ0v) is 18.2. The molecule has 2 atom stereocenters. The van der Waals surface area contributed by atoms with Gasteiger partial charge in [-0.1, -0.05) is 79.1 Å². The molecule has 5 heteroatoms. The van der Waals surface area contributed by atoms with Crippen molar-refractivity contribution in [2.45, 2.75) is 91.9 Å². The maximum absolute atomic E-state index is 5.64. The van der Waals surface area contributed by atoms with Crippen LogP contribution in [0.5, 0.6) is 0 Å². The van der Waals surface area contributed by atoms with Gasteiger partial charge in [0.2, 0.25) is 0 Å². The van der Waals surface area contributed by atoms with Gasteiger partial charge in [-0.25, -0.2) is 0 Å². The smallest absolute Gasteiger partial charge is 0.0892 e. The third kappa shape index (κ3) is 16.3. The van der Waals surface area contributed by atoms with Gasteiger partial charge < -0.3 is 24.5 Å². The Bertz CT molecular complexity index is 241. The molecular weight excluding hydrogens is 343 g/mol. The van der Waals surface area contributed by atoms with Gasteiger partial charge in [0.1, 0.15) is 0 Å². The quantitative estimate of drug-likeness (QED) is 0.163. The number of hydrogen-bond acceptors (Lipinski definition) is 4. The lowest BCUT2D eigenvalue weighted by Crippen LogP contribution is -2.02. The lowest BCUT2D eigenvalue weighted by atomic mass is 10.0. The number of hydrogen-bond donors (Lipinski definition) is 0. The molecule has 0 aliphatic heterocycles. The maximum atomic E-state index is 5.64. The van der Waals surface area contributed by atoms with E-state index in [-0.39, 0.29) is 0 Å². The summed E-state index contributed by atoms with van der Waals surface area (Å²) in [5.41, 5.74) is 0. The first kappa shape index (κ1) is 24.1. The zero-order chi connectivity index (χ0) is 17.6. The summed E-state index contributed by atoms with van der Waals surface area (Å²) in [6.45, 7) is 10.5. The van der Waals surface area contributed by atoms with Crippen molar-refractivity contribution < 1.29 is 9.05 Å². The van der Waals surface area contributed by atoms with E-state index in [2.05, 4.69) is 27.7 Å².